The van der Waals surface area contributed by atoms with E-state index in [1.54, 1.807) is 6.26 Å². The number of furan rings is 1. The Kier molecular flexibility index (Phi) is 5.26. The molecule has 0 saturated heterocycles. The number of nitrogens with two attached hydrogens (primary N) is 2. The normalized spacial score (nSPS) is 31.5. The van der Waals surface area contributed by atoms with Gasteiger partial charge in [-0.05, 0) is 55.2 Å². The molecule has 26 heavy (non-hydrogen) atoms. The van der Waals surface area contributed by atoms with Crippen LogP contribution in [0.1, 0.15) is 70.0 Å². The van der Waals surface area contributed by atoms with Crippen LogP contribution in [0.3, 0.4) is 0 Å². The zero-order valence-electron chi connectivity index (χ0n) is 16.0. The predicted molar refractivity (Wildman–Crippen MR) is 106 cm³/mol. The van der Waals surface area contributed by atoms with E-state index in [0.29, 0.717) is 11.8 Å². The van der Waals surface area contributed by atoms with Gasteiger partial charge in [-0.15, -0.1) is 0 Å². The van der Waals surface area contributed by atoms with Crippen LogP contribution in [0.25, 0.3) is 0 Å². The van der Waals surface area contributed by atoms with Crippen molar-refractivity contribution in [3.63, 3.8) is 0 Å². The molecular weight excluding hydrogens is 320 g/mol. The van der Waals surface area contributed by atoms with E-state index in [1.165, 1.54) is 69.8 Å². The van der Waals surface area contributed by atoms with Gasteiger partial charge in [-0.2, -0.15) is 0 Å². The highest BCUT2D eigenvalue weighted by molar-refractivity contribution is 5.40. The highest BCUT2D eigenvalue weighted by atomic mass is 16.3. The maximum absolute atomic E-state index is 7.03. The van der Waals surface area contributed by atoms with E-state index in [0.717, 1.165) is 17.9 Å². The van der Waals surface area contributed by atoms with Crippen LogP contribution < -0.4 is 11.5 Å². The molecule has 1 aromatic rings. The second-order valence-corrected chi connectivity index (χ2v) is 8.72. The molecule has 0 bridgehead atoms. The molecule has 3 nitrogen and oxygen atoms in total. The summed E-state index contributed by atoms with van der Waals surface area (Å²) in [4.78, 5) is 0. The van der Waals surface area contributed by atoms with Gasteiger partial charge in [0.25, 0.3) is 0 Å². The summed E-state index contributed by atoms with van der Waals surface area (Å²) in [5, 5.41) is 0. The first-order chi connectivity index (χ1) is 12.7. The van der Waals surface area contributed by atoms with Crippen LogP contribution in [0.4, 0.5) is 0 Å². The van der Waals surface area contributed by atoms with Gasteiger partial charge < -0.3 is 15.9 Å². The van der Waals surface area contributed by atoms with Crippen molar-refractivity contribution in [2.45, 2.75) is 76.7 Å². The SMILES string of the molecule is NC1=C(C2CCCCC2)C(N)C=CC1(Cc1ccco1)C1CCCCC1. The minimum atomic E-state index is -0.110. The standard InChI is InChI=1S/C23H34N2O/c24-20-13-14-23(16-19-12-7-15-26-19,18-10-5-2-6-11-18)22(25)21(20)17-8-3-1-4-9-17/h7,12-15,17-18,20H,1-6,8-11,16,24-25H2. The molecule has 1 aromatic heterocycles. The van der Waals surface area contributed by atoms with E-state index in [2.05, 4.69) is 18.2 Å². The highest BCUT2D eigenvalue weighted by Gasteiger charge is 2.45. The molecule has 3 aliphatic rings. The lowest BCUT2D eigenvalue weighted by Gasteiger charge is -2.46. The smallest absolute Gasteiger partial charge is 0.105 e. The van der Waals surface area contributed by atoms with Gasteiger partial charge in [0.15, 0.2) is 0 Å². The molecule has 0 amide bonds. The Morgan fingerprint density at radius 1 is 1.00 bits per heavy atom. The van der Waals surface area contributed by atoms with Crippen LogP contribution in [0.15, 0.2) is 46.2 Å². The van der Waals surface area contributed by atoms with Gasteiger partial charge in [0.05, 0.1) is 6.26 Å². The lowest BCUT2D eigenvalue weighted by atomic mass is 9.60. The van der Waals surface area contributed by atoms with Crippen LogP contribution in [0.2, 0.25) is 0 Å². The number of allylic oxidation sites excluding steroid dienone is 1. The Hall–Kier alpha value is -1.48. The largest absolute Gasteiger partial charge is 0.469 e. The van der Waals surface area contributed by atoms with Crippen molar-refractivity contribution in [3.05, 3.63) is 47.6 Å². The van der Waals surface area contributed by atoms with E-state index >= 15 is 0 Å². The van der Waals surface area contributed by atoms with Crippen molar-refractivity contribution in [2.75, 3.05) is 0 Å². The van der Waals surface area contributed by atoms with Gasteiger partial charge in [0.1, 0.15) is 5.76 Å². The monoisotopic (exact) mass is 354 g/mol. The molecule has 0 aliphatic heterocycles. The fourth-order valence-corrected chi connectivity index (χ4v) is 5.80. The topological polar surface area (TPSA) is 65.2 Å². The van der Waals surface area contributed by atoms with E-state index in [9.17, 15) is 0 Å². The average molecular weight is 355 g/mol. The maximum Gasteiger partial charge on any atom is 0.105 e. The van der Waals surface area contributed by atoms with Gasteiger partial charge in [-0.1, -0.05) is 50.7 Å². The van der Waals surface area contributed by atoms with Gasteiger partial charge in [-0.25, -0.2) is 0 Å². The first-order valence-corrected chi connectivity index (χ1v) is 10.7. The molecule has 2 atom stereocenters. The molecule has 0 radical (unpaired) electrons. The Bertz CT molecular complexity index is 648. The van der Waals surface area contributed by atoms with Crippen molar-refractivity contribution in [2.24, 2.45) is 28.7 Å². The third-order valence-corrected chi connectivity index (χ3v) is 7.20. The van der Waals surface area contributed by atoms with Crippen LogP contribution in [-0.2, 0) is 6.42 Å². The summed E-state index contributed by atoms with van der Waals surface area (Å²) in [6.45, 7) is 0. The Labute approximate surface area is 157 Å². The molecule has 4 N–H and O–H groups in total. The van der Waals surface area contributed by atoms with Gasteiger partial charge in [0.2, 0.25) is 0 Å². The summed E-state index contributed by atoms with van der Waals surface area (Å²) in [7, 11) is 0. The quantitative estimate of drug-likeness (QED) is 0.741. The second-order valence-electron chi connectivity index (χ2n) is 8.72. The van der Waals surface area contributed by atoms with Crippen LogP contribution in [-0.4, -0.2) is 6.04 Å². The highest BCUT2D eigenvalue weighted by Crippen LogP contribution is 2.50. The van der Waals surface area contributed by atoms with E-state index in [-0.39, 0.29) is 11.5 Å². The zero-order valence-corrected chi connectivity index (χ0v) is 16.0. The van der Waals surface area contributed by atoms with Crippen molar-refractivity contribution in [1.29, 1.82) is 0 Å². The first kappa shape index (κ1) is 17.9. The molecule has 1 heterocycles. The van der Waals surface area contributed by atoms with Crippen LogP contribution in [0.5, 0.6) is 0 Å². The minimum absolute atomic E-state index is 0.00795. The first-order valence-electron chi connectivity index (χ1n) is 10.7. The van der Waals surface area contributed by atoms with Gasteiger partial charge in [0, 0.05) is 23.6 Å². The molecule has 3 aliphatic carbocycles. The average Bonchev–Trinajstić information content (AvgIpc) is 3.19. The van der Waals surface area contributed by atoms with E-state index in [1.807, 2.05) is 6.07 Å². The van der Waals surface area contributed by atoms with Gasteiger partial charge in [-0.3, -0.25) is 0 Å². The maximum atomic E-state index is 7.03. The molecule has 0 spiro atoms. The molecule has 2 unspecified atom stereocenters. The third-order valence-electron chi connectivity index (χ3n) is 7.20. The van der Waals surface area contributed by atoms with Crippen LogP contribution in [0, 0.1) is 17.3 Å². The van der Waals surface area contributed by atoms with Crippen molar-refractivity contribution in [3.8, 4) is 0 Å². The van der Waals surface area contributed by atoms with Crippen LogP contribution >= 0.6 is 0 Å². The summed E-state index contributed by atoms with van der Waals surface area (Å²) in [5.41, 5.74) is 15.9. The van der Waals surface area contributed by atoms with Crippen molar-refractivity contribution < 1.29 is 4.42 Å². The van der Waals surface area contributed by atoms with E-state index in [4.69, 9.17) is 15.9 Å². The zero-order chi connectivity index (χ0) is 18.0. The number of hydrogen-bond donors (Lipinski definition) is 2. The molecule has 2 fully saturated rings. The molecule has 142 valence electrons. The van der Waals surface area contributed by atoms with Crippen molar-refractivity contribution >= 4 is 0 Å². The lowest BCUT2D eigenvalue weighted by molar-refractivity contribution is 0.187. The fourth-order valence-electron chi connectivity index (χ4n) is 5.80. The van der Waals surface area contributed by atoms with Crippen molar-refractivity contribution in [1.82, 2.24) is 0 Å². The summed E-state index contributed by atoms with van der Waals surface area (Å²) in [6, 6.07) is 4.08. The molecule has 2 saturated carbocycles. The Morgan fingerprint density at radius 2 is 1.69 bits per heavy atom. The third kappa shape index (κ3) is 3.26. The fraction of sp³-hybridized carbons (Fsp3) is 0.652. The minimum Gasteiger partial charge on any atom is -0.469 e. The lowest BCUT2D eigenvalue weighted by Crippen LogP contribution is -2.45. The molecule has 4 rings (SSSR count). The summed E-state index contributed by atoms with van der Waals surface area (Å²) in [6.07, 6.45) is 20.3. The Morgan fingerprint density at radius 3 is 2.35 bits per heavy atom. The Balaban J connectivity index is 1.74. The number of rotatable bonds is 4. The summed E-state index contributed by atoms with van der Waals surface area (Å²) >= 11 is 0. The molecular formula is C23H34N2O. The number of hydrogen-bond acceptors (Lipinski definition) is 3. The molecule has 0 aromatic carbocycles. The summed E-state index contributed by atoms with van der Waals surface area (Å²) < 4.78 is 5.76. The predicted octanol–water partition coefficient (Wildman–Crippen LogP) is 5.08. The van der Waals surface area contributed by atoms with E-state index < -0.39 is 0 Å². The summed E-state index contributed by atoms with van der Waals surface area (Å²) in [5.74, 6) is 2.22. The molecule has 3 heteroatoms. The second kappa shape index (κ2) is 7.64. The van der Waals surface area contributed by atoms with Gasteiger partial charge >= 0.3 is 0 Å².